The van der Waals surface area contributed by atoms with Gasteiger partial charge in [-0.15, -0.1) is 0 Å². The fraction of sp³-hybridized carbons (Fsp3) is 0.444. The van der Waals surface area contributed by atoms with E-state index in [1.165, 1.54) is 5.56 Å². The van der Waals surface area contributed by atoms with Crippen molar-refractivity contribution < 1.29 is 9.90 Å². The van der Waals surface area contributed by atoms with Gasteiger partial charge in [0.05, 0.1) is 11.9 Å². The fourth-order valence-electron chi connectivity index (χ4n) is 3.28. The van der Waals surface area contributed by atoms with Crippen LogP contribution in [0, 0.1) is 5.92 Å². The number of carbonyl (C=O) groups is 1. The summed E-state index contributed by atoms with van der Waals surface area (Å²) in [5.41, 5.74) is 2.27. The van der Waals surface area contributed by atoms with Crippen LogP contribution in [0.2, 0.25) is 0 Å². The van der Waals surface area contributed by atoms with Gasteiger partial charge in [-0.25, -0.2) is 4.68 Å². The molecule has 0 saturated carbocycles. The summed E-state index contributed by atoms with van der Waals surface area (Å²) < 4.78 is 1.90. The molecule has 1 aromatic heterocycles. The zero-order chi connectivity index (χ0) is 16.1. The molecule has 0 amide bonds. The number of rotatable bonds is 6. The summed E-state index contributed by atoms with van der Waals surface area (Å²) in [5.74, 6) is -0.185. The molecular weight excluding hydrogens is 290 g/mol. The van der Waals surface area contributed by atoms with Crippen LogP contribution in [0.1, 0.15) is 31.2 Å². The van der Waals surface area contributed by atoms with Gasteiger partial charge in [-0.1, -0.05) is 18.2 Å². The molecule has 0 radical (unpaired) electrons. The van der Waals surface area contributed by atoms with Gasteiger partial charge in [-0.05, 0) is 43.9 Å². The predicted octanol–water partition coefficient (Wildman–Crippen LogP) is 2.95. The van der Waals surface area contributed by atoms with Crippen LogP contribution in [0.15, 0.2) is 42.7 Å². The number of nitrogens with zero attached hydrogens (tertiary/aromatic N) is 3. The van der Waals surface area contributed by atoms with E-state index in [9.17, 15) is 4.79 Å². The summed E-state index contributed by atoms with van der Waals surface area (Å²) in [6.45, 7) is 2.96. The Morgan fingerprint density at radius 3 is 2.91 bits per heavy atom. The van der Waals surface area contributed by atoms with E-state index in [0.717, 1.165) is 44.6 Å². The van der Waals surface area contributed by atoms with Gasteiger partial charge in [0, 0.05) is 31.3 Å². The molecule has 2 aromatic rings. The number of aromatic nitrogens is 2. The molecule has 1 unspecified atom stereocenters. The number of carboxylic acid groups (broad SMARTS) is 1. The highest BCUT2D eigenvalue weighted by molar-refractivity contribution is 5.66. The monoisotopic (exact) mass is 313 g/mol. The Hall–Kier alpha value is -2.14. The van der Waals surface area contributed by atoms with Crippen molar-refractivity contribution in [3.8, 4) is 5.69 Å². The average molecular weight is 313 g/mol. The van der Waals surface area contributed by atoms with Gasteiger partial charge in [-0.3, -0.25) is 9.69 Å². The summed E-state index contributed by atoms with van der Waals surface area (Å²) >= 11 is 0. The van der Waals surface area contributed by atoms with E-state index < -0.39 is 5.97 Å². The molecule has 1 atom stereocenters. The van der Waals surface area contributed by atoms with Crippen LogP contribution in [0.4, 0.5) is 0 Å². The molecule has 23 heavy (non-hydrogen) atoms. The van der Waals surface area contributed by atoms with E-state index in [0.29, 0.717) is 5.92 Å². The Labute approximate surface area is 136 Å². The van der Waals surface area contributed by atoms with E-state index in [-0.39, 0.29) is 6.42 Å². The lowest BCUT2D eigenvalue weighted by molar-refractivity contribution is -0.137. The van der Waals surface area contributed by atoms with E-state index in [4.69, 9.17) is 5.11 Å². The Morgan fingerprint density at radius 2 is 2.13 bits per heavy atom. The van der Waals surface area contributed by atoms with Gasteiger partial charge in [0.2, 0.25) is 0 Å². The highest BCUT2D eigenvalue weighted by Crippen LogP contribution is 2.22. The number of hydrogen-bond donors (Lipinski definition) is 1. The Kier molecular flexibility index (Phi) is 5.08. The Bertz CT molecular complexity index is 639. The number of aliphatic carboxylic acids is 1. The number of likely N-dealkylation sites (tertiary alicyclic amines) is 1. The zero-order valence-corrected chi connectivity index (χ0v) is 13.3. The van der Waals surface area contributed by atoms with E-state index in [1.54, 1.807) is 0 Å². The van der Waals surface area contributed by atoms with Crippen LogP contribution in [0.25, 0.3) is 5.69 Å². The average Bonchev–Trinajstić information content (AvgIpc) is 3.03. The standard InChI is InChI=1S/C18H23N3O2/c22-18(23)9-8-15-5-4-10-20(12-15)13-16-11-19-21(14-16)17-6-2-1-3-7-17/h1-3,6-7,11,14-15H,4-5,8-10,12-13H2,(H,22,23). The summed E-state index contributed by atoms with van der Waals surface area (Å²) in [7, 11) is 0. The molecule has 1 aliphatic rings. The van der Waals surface area contributed by atoms with Crippen LogP contribution < -0.4 is 0 Å². The second-order valence-corrected chi connectivity index (χ2v) is 6.30. The number of carboxylic acids is 1. The first kappa shape index (κ1) is 15.7. The number of para-hydroxylation sites is 1. The molecule has 1 aromatic carbocycles. The summed E-state index contributed by atoms with van der Waals surface area (Å²) in [6.07, 6.45) is 7.37. The number of hydrogen-bond acceptors (Lipinski definition) is 3. The molecule has 0 spiro atoms. The van der Waals surface area contributed by atoms with Crippen LogP contribution in [0.3, 0.4) is 0 Å². The highest BCUT2D eigenvalue weighted by Gasteiger charge is 2.21. The zero-order valence-electron chi connectivity index (χ0n) is 13.3. The predicted molar refractivity (Wildman–Crippen MR) is 88.4 cm³/mol. The van der Waals surface area contributed by atoms with Crippen molar-refractivity contribution in [3.63, 3.8) is 0 Å². The normalized spacial score (nSPS) is 18.9. The van der Waals surface area contributed by atoms with Gasteiger partial charge in [0.1, 0.15) is 0 Å². The third kappa shape index (κ3) is 4.42. The minimum Gasteiger partial charge on any atom is -0.481 e. The molecular formula is C18H23N3O2. The molecule has 2 heterocycles. The summed E-state index contributed by atoms with van der Waals surface area (Å²) in [4.78, 5) is 13.1. The molecule has 3 rings (SSSR count). The molecule has 122 valence electrons. The first-order valence-corrected chi connectivity index (χ1v) is 8.24. The Balaban J connectivity index is 1.57. The van der Waals surface area contributed by atoms with Crippen LogP contribution in [-0.2, 0) is 11.3 Å². The van der Waals surface area contributed by atoms with Crippen molar-refractivity contribution in [2.75, 3.05) is 13.1 Å². The van der Waals surface area contributed by atoms with Crippen molar-refractivity contribution >= 4 is 5.97 Å². The van der Waals surface area contributed by atoms with Crippen molar-refractivity contribution in [1.29, 1.82) is 0 Å². The maximum atomic E-state index is 10.7. The Morgan fingerprint density at radius 1 is 1.30 bits per heavy atom. The molecule has 1 aliphatic heterocycles. The number of benzene rings is 1. The maximum Gasteiger partial charge on any atom is 0.303 e. The largest absolute Gasteiger partial charge is 0.481 e. The van der Waals surface area contributed by atoms with E-state index in [1.807, 2.05) is 41.2 Å². The molecule has 1 fully saturated rings. The van der Waals surface area contributed by atoms with Crippen molar-refractivity contribution in [1.82, 2.24) is 14.7 Å². The van der Waals surface area contributed by atoms with Crippen LogP contribution in [0.5, 0.6) is 0 Å². The van der Waals surface area contributed by atoms with Crippen LogP contribution >= 0.6 is 0 Å². The smallest absolute Gasteiger partial charge is 0.303 e. The topological polar surface area (TPSA) is 58.4 Å². The lowest BCUT2D eigenvalue weighted by Gasteiger charge is -2.32. The van der Waals surface area contributed by atoms with Crippen molar-refractivity contribution in [2.45, 2.75) is 32.2 Å². The van der Waals surface area contributed by atoms with E-state index >= 15 is 0 Å². The molecule has 5 heteroatoms. The highest BCUT2D eigenvalue weighted by atomic mass is 16.4. The second-order valence-electron chi connectivity index (χ2n) is 6.30. The minimum absolute atomic E-state index is 0.282. The molecule has 0 aliphatic carbocycles. The third-order valence-electron chi connectivity index (χ3n) is 4.43. The van der Waals surface area contributed by atoms with Gasteiger partial charge in [0.15, 0.2) is 0 Å². The summed E-state index contributed by atoms with van der Waals surface area (Å²) in [6, 6.07) is 10.1. The second kappa shape index (κ2) is 7.42. The molecule has 1 saturated heterocycles. The van der Waals surface area contributed by atoms with Gasteiger partial charge in [-0.2, -0.15) is 5.10 Å². The van der Waals surface area contributed by atoms with Crippen molar-refractivity contribution in [3.05, 3.63) is 48.3 Å². The van der Waals surface area contributed by atoms with Gasteiger partial charge in [0.25, 0.3) is 0 Å². The third-order valence-corrected chi connectivity index (χ3v) is 4.43. The summed E-state index contributed by atoms with van der Waals surface area (Å²) in [5, 5.41) is 13.3. The van der Waals surface area contributed by atoms with E-state index in [2.05, 4.69) is 16.2 Å². The maximum absolute atomic E-state index is 10.7. The lowest BCUT2D eigenvalue weighted by Crippen LogP contribution is -2.35. The number of piperidine rings is 1. The molecule has 5 nitrogen and oxygen atoms in total. The lowest BCUT2D eigenvalue weighted by atomic mass is 9.93. The fourth-order valence-corrected chi connectivity index (χ4v) is 3.28. The van der Waals surface area contributed by atoms with Gasteiger partial charge < -0.3 is 5.11 Å². The minimum atomic E-state index is -0.689. The van der Waals surface area contributed by atoms with Gasteiger partial charge >= 0.3 is 5.97 Å². The van der Waals surface area contributed by atoms with Crippen LogP contribution in [-0.4, -0.2) is 38.8 Å². The molecule has 0 bridgehead atoms. The first-order chi connectivity index (χ1) is 11.2. The quantitative estimate of drug-likeness (QED) is 0.891. The SMILES string of the molecule is O=C(O)CCC1CCCN(Cc2cnn(-c3ccccc3)c2)C1. The van der Waals surface area contributed by atoms with Crippen molar-refractivity contribution in [2.24, 2.45) is 5.92 Å². The first-order valence-electron chi connectivity index (χ1n) is 8.24. The molecule has 1 N–H and O–H groups in total.